The van der Waals surface area contributed by atoms with E-state index in [1.54, 1.807) is 5.57 Å². The highest BCUT2D eigenvalue weighted by molar-refractivity contribution is 5.74. The first kappa shape index (κ1) is 10.5. The van der Waals surface area contributed by atoms with Gasteiger partial charge in [0.1, 0.15) is 0 Å². The fraction of sp³-hybridized carbons (Fsp3) is 0.467. The zero-order chi connectivity index (χ0) is 11.3. The summed E-state index contributed by atoms with van der Waals surface area (Å²) in [7, 11) is 0. The molecule has 0 nitrogen and oxygen atoms in total. The third kappa shape index (κ3) is 1.35. The second-order valence-electron chi connectivity index (χ2n) is 5.62. The van der Waals surface area contributed by atoms with Crippen molar-refractivity contribution in [1.82, 2.24) is 0 Å². The topological polar surface area (TPSA) is 0 Å². The first-order chi connectivity index (χ1) is 6.89. The summed E-state index contributed by atoms with van der Waals surface area (Å²) in [5.41, 5.74) is 5.18. The number of hydrogen-bond acceptors (Lipinski definition) is 0. The zero-order valence-corrected chi connectivity index (χ0v) is 10.4. The molecular weight excluding hydrogens is 180 g/mol. The molecule has 1 aromatic rings. The molecule has 80 valence electrons. The average Bonchev–Trinajstić information content (AvgIpc) is 2.58. The largest absolute Gasteiger partial charge is 0.0622 e. The summed E-state index contributed by atoms with van der Waals surface area (Å²) >= 11 is 0. The van der Waals surface area contributed by atoms with Crippen molar-refractivity contribution in [1.29, 1.82) is 0 Å². The average molecular weight is 200 g/mol. The highest BCUT2D eigenvalue weighted by atomic mass is 14.6. The molecule has 1 aliphatic carbocycles. The molecule has 1 saturated carbocycles. The Morgan fingerprint density at radius 3 is 1.73 bits per heavy atom. The summed E-state index contributed by atoms with van der Waals surface area (Å²) in [6, 6.07) is 10.7. The lowest BCUT2D eigenvalue weighted by Crippen LogP contribution is -1.95. The molecule has 0 heteroatoms. The van der Waals surface area contributed by atoms with Gasteiger partial charge in [-0.15, -0.1) is 0 Å². The molecule has 1 fully saturated rings. The molecule has 15 heavy (non-hydrogen) atoms. The van der Waals surface area contributed by atoms with Crippen LogP contribution in [0.25, 0.3) is 5.57 Å². The van der Waals surface area contributed by atoms with Gasteiger partial charge in [-0.25, -0.2) is 0 Å². The Labute approximate surface area is 93.0 Å². The molecule has 0 amide bonds. The summed E-state index contributed by atoms with van der Waals surface area (Å²) in [5.74, 6) is 0. The Morgan fingerprint density at radius 1 is 0.867 bits per heavy atom. The molecular formula is C15H20. The maximum Gasteiger partial charge on any atom is -0.00443 e. The Morgan fingerprint density at radius 2 is 1.33 bits per heavy atom. The Hall–Kier alpha value is -1.04. The molecule has 0 N–H and O–H groups in total. The van der Waals surface area contributed by atoms with Crippen molar-refractivity contribution in [2.75, 3.05) is 0 Å². The van der Waals surface area contributed by atoms with Crippen LogP contribution in [0.2, 0.25) is 0 Å². The molecule has 0 radical (unpaired) electrons. The van der Waals surface area contributed by atoms with Crippen LogP contribution in [0, 0.1) is 10.8 Å². The third-order valence-corrected chi connectivity index (χ3v) is 4.33. The van der Waals surface area contributed by atoms with E-state index < -0.39 is 0 Å². The Bertz CT molecular complexity index is 389. The minimum absolute atomic E-state index is 0.368. The van der Waals surface area contributed by atoms with Crippen LogP contribution in [0.3, 0.4) is 0 Å². The number of hydrogen-bond donors (Lipinski definition) is 0. The monoisotopic (exact) mass is 200 g/mol. The lowest BCUT2D eigenvalue weighted by Gasteiger charge is -2.02. The van der Waals surface area contributed by atoms with E-state index in [-0.39, 0.29) is 0 Å². The SMILES string of the molecule is CC(=C1C(C)(C)C1(C)C)c1ccccc1. The summed E-state index contributed by atoms with van der Waals surface area (Å²) in [5, 5.41) is 0. The third-order valence-electron chi connectivity index (χ3n) is 4.33. The number of benzene rings is 1. The first-order valence-electron chi connectivity index (χ1n) is 5.66. The van der Waals surface area contributed by atoms with E-state index in [4.69, 9.17) is 0 Å². The first-order valence-corrected chi connectivity index (χ1v) is 5.66. The van der Waals surface area contributed by atoms with Gasteiger partial charge < -0.3 is 0 Å². The Balaban J connectivity index is 2.47. The summed E-state index contributed by atoms with van der Waals surface area (Å²) in [6.45, 7) is 11.6. The minimum atomic E-state index is 0.368. The molecule has 0 spiro atoms. The van der Waals surface area contributed by atoms with Crippen LogP contribution in [0.4, 0.5) is 0 Å². The van der Waals surface area contributed by atoms with Crippen molar-refractivity contribution < 1.29 is 0 Å². The van der Waals surface area contributed by atoms with E-state index in [0.29, 0.717) is 10.8 Å². The molecule has 0 saturated heterocycles. The lowest BCUT2D eigenvalue weighted by atomic mass is 10.0. The normalized spacial score (nSPS) is 21.3. The summed E-state index contributed by atoms with van der Waals surface area (Å²) in [6.07, 6.45) is 0. The highest BCUT2D eigenvalue weighted by Crippen LogP contribution is 2.70. The maximum absolute atomic E-state index is 2.34. The van der Waals surface area contributed by atoms with Crippen LogP contribution in [0.5, 0.6) is 0 Å². The molecule has 1 aliphatic rings. The molecule has 2 rings (SSSR count). The van der Waals surface area contributed by atoms with E-state index in [1.165, 1.54) is 11.1 Å². The van der Waals surface area contributed by atoms with Crippen molar-refractivity contribution in [3.05, 3.63) is 41.5 Å². The van der Waals surface area contributed by atoms with E-state index in [0.717, 1.165) is 0 Å². The van der Waals surface area contributed by atoms with Gasteiger partial charge in [0.25, 0.3) is 0 Å². The van der Waals surface area contributed by atoms with Gasteiger partial charge in [-0.3, -0.25) is 0 Å². The maximum atomic E-state index is 2.34. The van der Waals surface area contributed by atoms with Crippen molar-refractivity contribution in [3.8, 4) is 0 Å². The van der Waals surface area contributed by atoms with Gasteiger partial charge in [0.2, 0.25) is 0 Å². The predicted octanol–water partition coefficient (Wildman–Crippen LogP) is 4.53. The van der Waals surface area contributed by atoms with E-state index >= 15 is 0 Å². The van der Waals surface area contributed by atoms with Gasteiger partial charge in [-0.1, -0.05) is 63.6 Å². The van der Waals surface area contributed by atoms with E-state index in [2.05, 4.69) is 65.0 Å². The smallest absolute Gasteiger partial charge is 0.00443 e. The van der Waals surface area contributed by atoms with Crippen LogP contribution in [0.15, 0.2) is 35.9 Å². The Kier molecular flexibility index (Phi) is 2.08. The fourth-order valence-electron chi connectivity index (χ4n) is 2.80. The molecule has 0 aliphatic heterocycles. The van der Waals surface area contributed by atoms with Crippen molar-refractivity contribution in [2.45, 2.75) is 34.6 Å². The molecule has 1 aromatic carbocycles. The van der Waals surface area contributed by atoms with E-state index in [9.17, 15) is 0 Å². The minimum Gasteiger partial charge on any atom is -0.0622 e. The van der Waals surface area contributed by atoms with Crippen LogP contribution in [-0.2, 0) is 0 Å². The van der Waals surface area contributed by atoms with Gasteiger partial charge >= 0.3 is 0 Å². The fourth-order valence-corrected chi connectivity index (χ4v) is 2.80. The van der Waals surface area contributed by atoms with Crippen molar-refractivity contribution in [3.63, 3.8) is 0 Å². The quantitative estimate of drug-likeness (QED) is 0.625. The van der Waals surface area contributed by atoms with Gasteiger partial charge in [0, 0.05) is 0 Å². The predicted molar refractivity (Wildman–Crippen MR) is 66.6 cm³/mol. The summed E-state index contributed by atoms with van der Waals surface area (Å²) < 4.78 is 0. The second-order valence-corrected chi connectivity index (χ2v) is 5.62. The number of rotatable bonds is 1. The zero-order valence-electron chi connectivity index (χ0n) is 10.4. The lowest BCUT2D eigenvalue weighted by molar-refractivity contribution is 0.457. The van der Waals surface area contributed by atoms with Crippen LogP contribution in [0.1, 0.15) is 40.2 Å². The second kappa shape index (κ2) is 2.98. The van der Waals surface area contributed by atoms with Crippen molar-refractivity contribution in [2.24, 2.45) is 10.8 Å². The van der Waals surface area contributed by atoms with Gasteiger partial charge in [0.15, 0.2) is 0 Å². The number of allylic oxidation sites excluding steroid dienone is 2. The summed E-state index contributed by atoms with van der Waals surface area (Å²) in [4.78, 5) is 0. The van der Waals surface area contributed by atoms with Crippen molar-refractivity contribution >= 4 is 5.57 Å². The van der Waals surface area contributed by atoms with E-state index in [1.807, 2.05) is 0 Å². The molecule has 0 unspecified atom stereocenters. The van der Waals surface area contributed by atoms with Crippen LogP contribution < -0.4 is 0 Å². The van der Waals surface area contributed by atoms with Crippen LogP contribution in [-0.4, -0.2) is 0 Å². The molecule has 0 heterocycles. The molecule has 0 aromatic heterocycles. The highest BCUT2D eigenvalue weighted by Gasteiger charge is 2.60. The van der Waals surface area contributed by atoms with Crippen LogP contribution >= 0.6 is 0 Å². The van der Waals surface area contributed by atoms with Gasteiger partial charge in [-0.2, -0.15) is 0 Å². The molecule has 0 atom stereocenters. The van der Waals surface area contributed by atoms with Gasteiger partial charge in [0.05, 0.1) is 0 Å². The molecule has 0 bridgehead atoms. The standard InChI is InChI=1S/C15H20/c1-11(12-9-7-6-8-10-12)13-14(2,3)15(13,4)5/h6-10H,1-5H3. The van der Waals surface area contributed by atoms with Gasteiger partial charge in [-0.05, 0) is 28.9 Å².